The largest absolute Gasteiger partial charge is 0.488 e. The van der Waals surface area contributed by atoms with Crippen LogP contribution in [0.25, 0.3) is 0 Å². The molecule has 106 valence electrons. The van der Waals surface area contributed by atoms with Crippen molar-refractivity contribution in [1.82, 2.24) is 0 Å². The molecular formula is C9H6BF7O2. The van der Waals surface area contributed by atoms with Crippen molar-refractivity contribution in [3.8, 4) is 0 Å². The van der Waals surface area contributed by atoms with Crippen LogP contribution in [0.3, 0.4) is 0 Å². The third-order valence-corrected chi connectivity index (χ3v) is 2.33. The minimum atomic E-state index is -6.48. The number of halogens is 7. The number of hydrogen-bond acceptors (Lipinski definition) is 2. The van der Waals surface area contributed by atoms with Crippen LogP contribution in [0, 0.1) is 0 Å². The summed E-state index contributed by atoms with van der Waals surface area (Å²) in [6, 6.07) is 2.65. The third-order valence-electron chi connectivity index (χ3n) is 2.33. The van der Waals surface area contributed by atoms with Gasteiger partial charge in [0.25, 0.3) is 0 Å². The highest BCUT2D eigenvalue weighted by atomic mass is 19.4. The van der Waals surface area contributed by atoms with Gasteiger partial charge in [0.05, 0.1) is 0 Å². The number of alkyl halides is 7. The highest BCUT2D eigenvalue weighted by Gasteiger charge is 2.73. The van der Waals surface area contributed by atoms with Crippen molar-refractivity contribution in [3.05, 3.63) is 29.8 Å². The van der Waals surface area contributed by atoms with E-state index < -0.39 is 36.2 Å². The Morgan fingerprint density at radius 3 is 1.74 bits per heavy atom. The molecule has 0 amide bonds. The highest BCUT2D eigenvalue weighted by molar-refractivity contribution is 6.59. The van der Waals surface area contributed by atoms with E-state index in [2.05, 4.69) is 0 Å². The zero-order valence-electron chi connectivity index (χ0n) is 8.93. The average molecular weight is 290 g/mol. The second-order valence-corrected chi connectivity index (χ2v) is 3.61. The smallest absolute Gasteiger partial charge is 0.423 e. The Morgan fingerprint density at radius 1 is 0.842 bits per heavy atom. The Bertz CT molecular complexity index is 458. The van der Waals surface area contributed by atoms with E-state index in [1.54, 1.807) is 0 Å². The third kappa shape index (κ3) is 2.54. The standard InChI is InChI=1S/C9H6BF7O2/c11-7(12,8(13,14)9(15,16)17)5-3-1-2-4-6(5)10(18)19/h1-4,18-19H. The van der Waals surface area contributed by atoms with E-state index in [4.69, 9.17) is 10.0 Å². The van der Waals surface area contributed by atoms with E-state index in [-0.39, 0.29) is 6.07 Å². The van der Waals surface area contributed by atoms with Crippen molar-refractivity contribution in [1.29, 1.82) is 0 Å². The fourth-order valence-electron chi connectivity index (χ4n) is 1.36. The van der Waals surface area contributed by atoms with E-state index in [0.29, 0.717) is 6.07 Å². The molecule has 0 unspecified atom stereocenters. The van der Waals surface area contributed by atoms with Crippen LogP contribution < -0.4 is 5.46 Å². The van der Waals surface area contributed by atoms with Gasteiger partial charge >= 0.3 is 25.1 Å². The van der Waals surface area contributed by atoms with Gasteiger partial charge < -0.3 is 10.0 Å². The summed E-state index contributed by atoms with van der Waals surface area (Å²) in [5, 5.41) is 17.5. The zero-order valence-corrected chi connectivity index (χ0v) is 8.93. The minimum Gasteiger partial charge on any atom is -0.423 e. The average Bonchev–Trinajstić information content (AvgIpc) is 2.27. The summed E-state index contributed by atoms with van der Waals surface area (Å²) >= 11 is 0. The fraction of sp³-hybridized carbons (Fsp3) is 0.333. The highest BCUT2D eigenvalue weighted by Crippen LogP contribution is 2.51. The molecule has 2 N–H and O–H groups in total. The number of benzene rings is 1. The van der Waals surface area contributed by atoms with E-state index in [9.17, 15) is 30.7 Å². The molecule has 0 bridgehead atoms. The predicted molar refractivity (Wildman–Crippen MR) is 51.2 cm³/mol. The van der Waals surface area contributed by atoms with Crippen molar-refractivity contribution >= 4 is 12.6 Å². The topological polar surface area (TPSA) is 40.5 Å². The Balaban J connectivity index is 3.44. The summed E-state index contributed by atoms with van der Waals surface area (Å²) in [6.45, 7) is 0. The van der Waals surface area contributed by atoms with Gasteiger partial charge in [-0.3, -0.25) is 0 Å². The number of rotatable bonds is 3. The fourth-order valence-corrected chi connectivity index (χ4v) is 1.36. The molecule has 1 rings (SSSR count). The molecule has 0 aromatic heterocycles. The number of hydrogen-bond donors (Lipinski definition) is 2. The lowest BCUT2D eigenvalue weighted by molar-refractivity contribution is -0.359. The van der Waals surface area contributed by atoms with Gasteiger partial charge in [-0.15, -0.1) is 0 Å². The first-order valence-corrected chi connectivity index (χ1v) is 4.71. The second kappa shape index (κ2) is 4.67. The van der Waals surface area contributed by atoms with Gasteiger partial charge in [0.2, 0.25) is 0 Å². The van der Waals surface area contributed by atoms with Crippen LogP contribution in [0.15, 0.2) is 24.3 Å². The molecule has 0 spiro atoms. The summed E-state index contributed by atoms with van der Waals surface area (Å²) in [6.07, 6.45) is -6.48. The zero-order chi connectivity index (χ0) is 15.1. The van der Waals surface area contributed by atoms with Crippen LogP contribution in [0.1, 0.15) is 5.56 Å². The summed E-state index contributed by atoms with van der Waals surface area (Å²) in [7, 11) is -2.61. The van der Waals surface area contributed by atoms with Crippen molar-refractivity contribution in [2.75, 3.05) is 0 Å². The first-order valence-electron chi connectivity index (χ1n) is 4.71. The van der Waals surface area contributed by atoms with Crippen LogP contribution >= 0.6 is 0 Å². The van der Waals surface area contributed by atoms with Gasteiger partial charge in [-0.25, -0.2) is 0 Å². The van der Waals surface area contributed by atoms with Gasteiger partial charge in [0.1, 0.15) is 0 Å². The van der Waals surface area contributed by atoms with Crippen LogP contribution in [0.5, 0.6) is 0 Å². The molecule has 2 nitrogen and oxygen atoms in total. The molecule has 0 radical (unpaired) electrons. The molecule has 0 aliphatic rings. The summed E-state index contributed by atoms with van der Waals surface area (Å²) in [5.41, 5.74) is -2.93. The van der Waals surface area contributed by atoms with Crippen LogP contribution in [0.2, 0.25) is 0 Å². The molecular weight excluding hydrogens is 284 g/mol. The Kier molecular flexibility index (Phi) is 3.88. The molecule has 0 aliphatic carbocycles. The maximum absolute atomic E-state index is 13.4. The summed E-state index contributed by atoms with van der Waals surface area (Å²) < 4.78 is 88.3. The molecule has 1 aromatic carbocycles. The monoisotopic (exact) mass is 290 g/mol. The van der Waals surface area contributed by atoms with E-state index in [1.165, 1.54) is 0 Å². The van der Waals surface area contributed by atoms with Crippen LogP contribution in [-0.2, 0) is 5.92 Å². The van der Waals surface area contributed by atoms with Gasteiger partial charge in [0, 0.05) is 5.56 Å². The van der Waals surface area contributed by atoms with Crippen molar-refractivity contribution in [2.24, 2.45) is 0 Å². The molecule has 19 heavy (non-hydrogen) atoms. The van der Waals surface area contributed by atoms with E-state index >= 15 is 0 Å². The first kappa shape index (κ1) is 15.8. The van der Waals surface area contributed by atoms with Crippen molar-refractivity contribution < 1.29 is 40.8 Å². The summed E-state index contributed by atoms with van der Waals surface area (Å²) in [5.74, 6) is -12.0. The lowest BCUT2D eigenvalue weighted by Gasteiger charge is -2.29. The second-order valence-electron chi connectivity index (χ2n) is 3.61. The van der Waals surface area contributed by atoms with E-state index in [1.807, 2.05) is 0 Å². The molecule has 0 heterocycles. The molecule has 0 aliphatic heterocycles. The predicted octanol–water partition coefficient (Wildman–Crippen LogP) is 1.66. The Hall–Kier alpha value is -1.29. The lowest BCUT2D eigenvalue weighted by atomic mass is 9.75. The van der Waals surface area contributed by atoms with Gasteiger partial charge in [-0.2, -0.15) is 30.7 Å². The maximum Gasteiger partial charge on any atom is 0.488 e. The molecule has 0 fully saturated rings. The van der Waals surface area contributed by atoms with E-state index in [0.717, 1.165) is 12.1 Å². The molecule has 0 saturated heterocycles. The van der Waals surface area contributed by atoms with Gasteiger partial charge in [-0.05, 0) is 5.46 Å². The SMILES string of the molecule is OB(O)c1ccccc1C(F)(F)C(F)(F)C(F)(F)F. The quantitative estimate of drug-likeness (QED) is 0.656. The normalized spacial score (nSPS) is 13.5. The summed E-state index contributed by atoms with van der Waals surface area (Å²) in [4.78, 5) is 0. The molecule has 1 aromatic rings. The molecule has 0 atom stereocenters. The van der Waals surface area contributed by atoms with Gasteiger partial charge in [0.15, 0.2) is 0 Å². The van der Waals surface area contributed by atoms with Crippen LogP contribution in [0.4, 0.5) is 30.7 Å². The Labute approximate surface area is 102 Å². The maximum atomic E-state index is 13.4. The van der Waals surface area contributed by atoms with Crippen molar-refractivity contribution in [3.63, 3.8) is 0 Å². The van der Waals surface area contributed by atoms with Crippen molar-refractivity contribution in [2.45, 2.75) is 18.0 Å². The molecule has 0 saturated carbocycles. The lowest BCUT2D eigenvalue weighted by Crippen LogP contribution is -2.53. The minimum absolute atomic E-state index is 0.272. The van der Waals surface area contributed by atoms with Gasteiger partial charge in [-0.1, -0.05) is 24.3 Å². The Morgan fingerprint density at radius 2 is 1.32 bits per heavy atom. The first-order chi connectivity index (χ1) is 8.43. The van der Waals surface area contributed by atoms with Crippen LogP contribution in [-0.4, -0.2) is 29.3 Å². The molecule has 10 heteroatoms.